The molecule has 0 atom stereocenters. The molecule has 0 bridgehead atoms. The Morgan fingerprint density at radius 1 is 1.23 bits per heavy atom. The molecule has 0 rings (SSSR count). The third kappa shape index (κ3) is 2.15. The molecule has 0 aliphatic carbocycles. The van der Waals surface area contributed by atoms with Gasteiger partial charge in [0, 0.05) is 6.92 Å². The molecule has 7 nitrogen and oxygen atoms in total. The fourth-order valence-corrected chi connectivity index (χ4v) is 0.674. The van der Waals surface area contributed by atoms with Gasteiger partial charge in [-0.3, -0.25) is 4.79 Å². The SMILES string of the molecule is CC(=O)NC(CO)(C(=O)O)C(=O)O. The van der Waals surface area contributed by atoms with Gasteiger partial charge in [-0.05, 0) is 0 Å². The summed E-state index contributed by atoms with van der Waals surface area (Å²) in [5, 5.41) is 27.2. The van der Waals surface area contributed by atoms with Gasteiger partial charge in [-0.1, -0.05) is 0 Å². The molecule has 0 aliphatic heterocycles. The Hall–Kier alpha value is -1.63. The van der Waals surface area contributed by atoms with Crippen LogP contribution in [0.5, 0.6) is 0 Å². The van der Waals surface area contributed by atoms with Crippen LogP contribution in [0.4, 0.5) is 0 Å². The molecule has 0 aromatic carbocycles. The zero-order chi connectivity index (χ0) is 10.6. The lowest BCUT2D eigenvalue weighted by atomic mass is 10.0. The highest BCUT2D eigenvalue weighted by Crippen LogP contribution is 2.04. The topological polar surface area (TPSA) is 124 Å². The molecule has 0 radical (unpaired) electrons. The molecule has 0 spiro atoms. The summed E-state index contributed by atoms with van der Waals surface area (Å²) in [4.78, 5) is 31.4. The number of carbonyl (C=O) groups is 3. The van der Waals surface area contributed by atoms with Crippen molar-refractivity contribution in [1.29, 1.82) is 0 Å². The number of aliphatic hydroxyl groups excluding tert-OH is 1. The highest BCUT2D eigenvalue weighted by molar-refractivity contribution is 6.06. The van der Waals surface area contributed by atoms with Gasteiger partial charge in [-0.25, -0.2) is 9.59 Å². The maximum Gasteiger partial charge on any atom is 0.343 e. The van der Waals surface area contributed by atoms with E-state index in [0.29, 0.717) is 0 Å². The molecule has 0 aliphatic rings. The van der Waals surface area contributed by atoms with E-state index in [1.807, 2.05) is 0 Å². The van der Waals surface area contributed by atoms with Gasteiger partial charge in [0.25, 0.3) is 5.54 Å². The maximum absolute atomic E-state index is 10.5. The van der Waals surface area contributed by atoms with Crippen molar-refractivity contribution in [1.82, 2.24) is 5.32 Å². The van der Waals surface area contributed by atoms with Crippen molar-refractivity contribution >= 4 is 17.8 Å². The van der Waals surface area contributed by atoms with E-state index < -0.39 is 30.0 Å². The first-order valence-electron chi connectivity index (χ1n) is 3.23. The van der Waals surface area contributed by atoms with Crippen molar-refractivity contribution in [3.8, 4) is 0 Å². The molecule has 0 aromatic heterocycles. The molecule has 0 aromatic rings. The average Bonchev–Trinajstić information content (AvgIpc) is 1.98. The molecule has 0 fully saturated rings. The lowest BCUT2D eigenvalue weighted by Gasteiger charge is -2.22. The van der Waals surface area contributed by atoms with Crippen molar-refractivity contribution < 1.29 is 29.7 Å². The van der Waals surface area contributed by atoms with Gasteiger partial charge >= 0.3 is 11.9 Å². The summed E-state index contributed by atoms with van der Waals surface area (Å²) in [7, 11) is 0. The van der Waals surface area contributed by atoms with Gasteiger partial charge in [0.1, 0.15) is 0 Å². The fraction of sp³-hybridized carbons (Fsp3) is 0.500. The van der Waals surface area contributed by atoms with Gasteiger partial charge in [-0.2, -0.15) is 0 Å². The number of nitrogens with one attached hydrogen (secondary N) is 1. The molecule has 0 unspecified atom stereocenters. The molecule has 1 amide bonds. The van der Waals surface area contributed by atoms with Gasteiger partial charge in [-0.15, -0.1) is 0 Å². The number of hydrogen-bond acceptors (Lipinski definition) is 4. The van der Waals surface area contributed by atoms with Crippen molar-refractivity contribution in [3.05, 3.63) is 0 Å². The first-order valence-corrected chi connectivity index (χ1v) is 3.23. The predicted octanol–water partition coefficient (Wildman–Crippen LogP) is -1.98. The molecular formula is C6H9NO6. The summed E-state index contributed by atoms with van der Waals surface area (Å²) in [6.07, 6.45) is 0. The van der Waals surface area contributed by atoms with Crippen LogP contribution in [0.2, 0.25) is 0 Å². The summed E-state index contributed by atoms with van der Waals surface area (Å²) in [6.45, 7) is -0.256. The number of carboxylic acids is 2. The van der Waals surface area contributed by atoms with Gasteiger partial charge in [0.2, 0.25) is 5.91 Å². The molecule has 0 saturated carbocycles. The van der Waals surface area contributed by atoms with Crippen LogP contribution in [0.1, 0.15) is 6.92 Å². The zero-order valence-electron chi connectivity index (χ0n) is 6.77. The van der Waals surface area contributed by atoms with E-state index in [9.17, 15) is 14.4 Å². The van der Waals surface area contributed by atoms with Crippen molar-refractivity contribution in [3.63, 3.8) is 0 Å². The van der Waals surface area contributed by atoms with E-state index in [4.69, 9.17) is 15.3 Å². The maximum atomic E-state index is 10.5. The van der Waals surface area contributed by atoms with Gasteiger partial charge in [0.05, 0.1) is 6.61 Å². The average molecular weight is 191 g/mol. The van der Waals surface area contributed by atoms with Crippen LogP contribution >= 0.6 is 0 Å². The first-order chi connectivity index (χ1) is 5.86. The first kappa shape index (κ1) is 11.4. The second kappa shape index (κ2) is 3.85. The van der Waals surface area contributed by atoms with Gasteiger partial charge in [0.15, 0.2) is 0 Å². The van der Waals surface area contributed by atoms with E-state index in [0.717, 1.165) is 6.92 Å². The fourth-order valence-electron chi connectivity index (χ4n) is 0.674. The predicted molar refractivity (Wildman–Crippen MR) is 38.9 cm³/mol. The summed E-state index contributed by atoms with van der Waals surface area (Å²) in [6, 6.07) is 0. The summed E-state index contributed by atoms with van der Waals surface area (Å²) >= 11 is 0. The number of hydrogen-bond donors (Lipinski definition) is 4. The highest BCUT2D eigenvalue weighted by Gasteiger charge is 2.47. The van der Waals surface area contributed by atoms with Gasteiger partial charge < -0.3 is 20.6 Å². The summed E-state index contributed by atoms with van der Waals surface area (Å²) in [5.41, 5.74) is -2.65. The normalized spacial score (nSPS) is 10.6. The molecule has 7 heteroatoms. The third-order valence-corrected chi connectivity index (χ3v) is 1.36. The largest absolute Gasteiger partial charge is 0.479 e. The molecule has 13 heavy (non-hydrogen) atoms. The number of aliphatic hydroxyl groups is 1. The Bertz CT molecular complexity index is 234. The monoisotopic (exact) mass is 191 g/mol. The second-order valence-corrected chi connectivity index (χ2v) is 2.35. The minimum atomic E-state index is -2.65. The number of amides is 1. The Balaban J connectivity index is 4.98. The zero-order valence-corrected chi connectivity index (χ0v) is 6.77. The van der Waals surface area contributed by atoms with Crippen LogP contribution in [-0.2, 0) is 14.4 Å². The molecule has 0 saturated heterocycles. The smallest absolute Gasteiger partial charge is 0.343 e. The van der Waals surface area contributed by atoms with Crippen LogP contribution in [-0.4, -0.2) is 45.3 Å². The minimum Gasteiger partial charge on any atom is -0.479 e. The second-order valence-electron chi connectivity index (χ2n) is 2.35. The summed E-state index contributed by atoms with van der Waals surface area (Å²) < 4.78 is 0. The third-order valence-electron chi connectivity index (χ3n) is 1.36. The quantitative estimate of drug-likeness (QED) is 0.382. The van der Waals surface area contributed by atoms with E-state index in [2.05, 4.69) is 0 Å². The highest BCUT2D eigenvalue weighted by atomic mass is 16.4. The van der Waals surface area contributed by atoms with Crippen molar-refractivity contribution in [2.24, 2.45) is 0 Å². The number of carboxylic acid groups (broad SMARTS) is 2. The van der Waals surface area contributed by atoms with Crippen LogP contribution in [0.15, 0.2) is 0 Å². The van der Waals surface area contributed by atoms with E-state index >= 15 is 0 Å². The van der Waals surface area contributed by atoms with E-state index in [1.54, 1.807) is 5.32 Å². The Morgan fingerprint density at radius 2 is 1.62 bits per heavy atom. The van der Waals surface area contributed by atoms with Crippen LogP contribution in [0, 0.1) is 0 Å². The number of aliphatic carboxylic acids is 2. The van der Waals surface area contributed by atoms with E-state index in [1.165, 1.54) is 0 Å². The Kier molecular flexibility index (Phi) is 3.37. The number of carbonyl (C=O) groups excluding carboxylic acids is 1. The lowest BCUT2D eigenvalue weighted by molar-refractivity contribution is -0.163. The van der Waals surface area contributed by atoms with E-state index in [-0.39, 0.29) is 0 Å². The van der Waals surface area contributed by atoms with Crippen molar-refractivity contribution in [2.75, 3.05) is 6.61 Å². The standard InChI is InChI=1S/C6H9NO6/c1-3(9)7-6(2-8,4(10)11)5(12)13/h8H,2H2,1H3,(H,7,9)(H,10,11)(H,12,13). The van der Waals surface area contributed by atoms with Crippen molar-refractivity contribution in [2.45, 2.75) is 12.5 Å². The van der Waals surface area contributed by atoms with Crippen LogP contribution in [0.25, 0.3) is 0 Å². The molecule has 74 valence electrons. The lowest BCUT2D eigenvalue weighted by Crippen LogP contribution is -2.62. The number of rotatable bonds is 4. The molecular weight excluding hydrogens is 182 g/mol. The molecule has 4 N–H and O–H groups in total. The summed E-state index contributed by atoms with van der Waals surface area (Å²) in [5.74, 6) is -4.49. The Labute approximate surface area is 73.0 Å². The Morgan fingerprint density at radius 3 is 1.69 bits per heavy atom. The minimum absolute atomic E-state index is 0.848. The van der Waals surface area contributed by atoms with Crippen LogP contribution in [0.3, 0.4) is 0 Å². The van der Waals surface area contributed by atoms with Crippen LogP contribution < -0.4 is 5.32 Å². The molecule has 0 heterocycles.